The van der Waals surface area contributed by atoms with E-state index in [1.54, 1.807) is 0 Å². The van der Waals surface area contributed by atoms with Gasteiger partial charge in [0.15, 0.2) is 0 Å². The third-order valence-corrected chi connectivity index (χ3v) is 2.65. The summed E-state index contributed by atoms with van der Waals surface area (Å²) in [7, 11) is 0. The second-order valence-corrected chi connectivity index (χ2v) is 3.74. The molecule has 78 valence electrons. The molecule has 2 rings (SSSR count). The molecule has 3 heteroatoms. The van der Waals surface area contributed by atoms with Gasteiger partial charge in [0.1, 0.15) is 17.8 Å². The van der Waals surface area contributed by atoms with Crippen LogP contribution in [0.1, 0.15) is 25.0 Å². The summed E-state index contributed by atoms with van der Waals surface area (Å²) in [5.74, 6) is -1.08. The minimum absolute atomic E-state index is 0.113. The highest BCUT2D eigenvalue weighted by atomic mass is 16.6. The molecule has 3 nitrogen and oxygen atoms in total. The van der Waals surface area contributed by atoms with Gasteiger partial charge in [0.05, 0.1) is 0 Å². The van der Waals surface area contributed by atoms with Crippen LogP contribution in [0.4, 0.5) is 0 Å². The van der Waals surface area contributed by atoms with Crippen molar-refractivity contribution in [2.45, 2.75) is 19.4 Å². The molecule has 0 aromatic heterocycles. The van der Waals surface area contributed by atoms with Crippen molar-refractivity contribution in [3.05, 3.63) is 35.9 Å². The van der Waals surface area contributed by atoms with E-state index in [1.165, 1.54) is 6.92 Å². The quantitative estimate of drug-likeness (QED) is 0.545. The van der Waals surface area contributed by atoms with Gasteiger partial charge in [-0.1, -0.05) is 30.3 Å². The smallest absolute Gasteiger partial charge is 0.317 e. The number of Topliss-reactive ketones (excluding diaryl/α,β-unsaturated/α-hetero) is 1. The first kappa shape index (κ1) is 9.90. The van der Waals surface area contributed by atoms with E-state index in [-0.39, 0.29) is 11.9 Å². The maximum atomic E-state index is 11.4. The van der Waals surface area contributed by atoms with Crippen LogP contribution in [0.5, 0.6) is 0 Å². The summed E-state index contributed by atoms with van der Waals surface area (Å²) < 4.78 is 5.16. The molecule has 15 heavy (non-hydrogen) atoms. The predicted molar refractivity (Wildman–Crippen MR) is 54.1 cm³/mol. The Labute approximate surface area is 88.1 Å². The first-order valence-corrected chi connectivity index (χ1v) is 4.94. The van der Waals surface area contributed by atoms with E-state index >= 15 is 0 Å². The van der Waals surface area contributed by atoms with Gasteiger partial charge in [-0.3, -0.25) is 9.59 Å². The van der Waals surface area contributed by atoms with Gasteiger partial charge in [-0.15, -0.1) is 0 Å². The van der Waals surface area contributed by atoms with Gasteiger partial charge < -0.3 is 4.74 Å². The molecule has 0 radical (unpaired) electrons. The Balaban J connectivity index is 2.16. The maximum Gasteiger partial charge on any atom is 0.317 e. The first-order chi connectivity index (χ1) is 7.18. The van der Waals surface area contributed by atoms with Gasteiger partial charge in [0.25, 0.3) is 0 Å². The van der Waals surface area contributed by atoms with Crippen LogP contribution in [-0.2, 0) is 14.3 Å². The molecule has 1 aliphatic rings. The van der Waals surface area contributed by atoms with E-state index in [4.69, 9.17) is 4.74 Å². The lowest BCUT2D eigenvalue weighted by Crippen LogP contribution is -2.15. The molecule has 0 N–H and O–H groups in total. The third kappa shape index (κ3) is 1.91. The average molecular weight is 204 g/mol. The first-order valence-electron chi connectivity index (χ1n) is 4.94. The Kier molecular flexibility index (Phi) is 2.54. The fourth-order valence-electron chi connectivity index (χ4n) is 1.78. The van der Waals surface area contributed by atoms with E-state index in [0.717, 1.165) is 5.56 Å². The number of ketones is 1. The minimum Gasteiger partial charge on any atom is -0.457 e. The van der Waals surface area contributed by atoms with Gasteiger partial charge in [-0.25, -0.2) is 0 Å². The van der Waals surface area contributed by atoms with Crippen molar-refractivity contribution in [1.29, 1.82) is 0 Å². The largest absolute Gasteiger partial charge is 0.457 e. The fourth-order valence-corrected chi connectivity index (χ4v) is 1.78. The molecule has 2 unspecified atom stereocenters. The molecule has 1 aromatic rings. The Morgan fingerprint density at radius 3 is 2.53 bits per heavy atom. The second-order valence-electron chi connectivity index (χ2n) is 3.74. The topological polar surface area (TPSA) is 43.4 Å². The van der Waals surface area contributed by atoms with Crippen LogP contribution in [0.25, 0.3) is 0 Å². The summed E-state index contributed by atoms with van der Waals surface area (Å²) in [6, 6.07) is 9.50. The highest BCUT2D eigenvalue weighted by Gasteiger charge is 2.37. The average Bonchev–Trinajstić information content (AvgIpc) is 2.62. The summed E-state index contributed by atoms with van der Waals surface area (Å²) >= 11 is 0. The van der Waals surface area contributed by atoms with E-state index < -0.39 is 11.9 Å². The predicted octanol–water partition coefficient (Wildman–Crippen LogP) is 1.88. The zero-order valence-electron chi connectivity index (χ0n) is 8.47. The fraction of sp³-hybridized carbons (Fsp3) is 0.333. The number of esters is 1. The molecule has 2 atom stereocenters. The van der Waals surface area contributed by atoms with Crippen molar-refractivity contribution in [3.63, 3.8) is 0 Å². The van der Waals surface area contributed by atoms with Crippen molar-refractivity contribution in [3.8, 4) is 0 Å². The van der Waals surface area contributed by atoms with Crippen LogP contribution in [0, 0.1) is 5.92 Å². The van der Waals surface area contributed by atoms with Crippen molar-refractivity contribution in [1.82, 2.24) is 0 Å². The molecule has 1 heterocycles. The molecule has 0 amide bonds. The normalized spacial score (nSPS) is 25.0. The molecular weight excluding hydrogens is 192 g/mol. The van der Waals surface area contributed by atoms with E-state index in [9.17, 15) is 9.59 Å². The number of hydrogen-bond donors (Lipinski definition) is 0. The standard InChI is InChI=1S/C12H12O3/c1-8(13)10-7-11(15-12(10)14)9-5-3-2-4-6-9/h2-6,10-11H,7H2,1H3. The number of carbonyl (C=O) groups excluding carboxylic acids is 2. The summed E-state index contributed by atoms with van der Waals surface area (Å²) in [5.41, 5.74) is 0.953. The van der Waals surface area contributed by atoms with Crippen LogP contribution in [0.15, 0.2) is 30.3 Å². The SMILES string of the molecule is CC(=O)C1CC(c2ccccc2)OC1=O. The highest BCUT2D eigenvalue weighted by molar-refractivity contribution is 5.98. The van der Waals surface area contributed by atoms with Crippen LogP contribution >= 0.6 is 0 Å². The lowest BCUT2D eigenvalue weighted by Gasteiger charge is -2.07. The minimum atomic E-state index is -0.574. The Bertz CT molecular complexity index is 383. The number of rotatable bonds is 2. The van der Waals surface area contributed by atoms with Gasteiger partial charge in [0, 0.05) is 6.42 Å². The second kappa shape index (κ2) is 3.85. The van der Waals surface area contributed by atoms with Gasteiger partial charge >= 0.3 is 5.97 Å². The van der Waals surface area contributed by atoms with E-state index in [1.807, 2.05) is 30.3 Å². The Morgan fingerprint density at radius 1 is 1.33 bits per heavy atom. The van der Waals surface area contributed by atoms with Gasteiger partial charge in [0.2, 0.25) is 0 Å². The monoisotopic (exact) mass is 204 g/mol. The van der Waals surface area contributed by atoms with Crippen molar-refractivity contribution in [2.24, 2.45) is 5.92 Å². The lowest BCUT2D eigenvalue weighted by molar-refractivity contribution is -0.146. The van der Waals surface area contributed by atoms with Crippen LogP contribution in [0.3, 0.4) is 0 Å². The number of hydrogen-bond acceptors (Lipinski definition) is 3. The van der Waals surface area contributed by atoms with Crippen molar-refractivity contribution in [2.75, 3.05) is 0 Å². The zero-order valence-corrected chi connectivity index (χ0v) is 8.47. The summed E-state index contributed by atoms with van der Waals surface area (Å²) in [4.78, 5) is 22.5. The van der Waals surface area contributed by atoms with Gasteiger partial charge in [-0.2, -0.15) is 0 Å². The zero-order chi connectivity index (χ0) is 10.8. The molecule has 0 aliphatic carbocycles. The van der Waals surface area contributed by atoms with Crippen LogP contribution in [0.2, 0.25) is 0 Å². The summed E-state index contributed by atoms with van der Waals surface area (Å²) in [6.07, 6.45) is 0.214. The highest BCUT2D eigenvalue weighted by Crippen LogP contribution is 2.33. The van der Waals surface area contributed by atoms with E-state index in [0.29, 0.717) is 6.42 Å². The molecule has 1 fully saturated rings. The molecule has 1 saturated heterocycles. The molecule has 1 aromatic carbocycles. The molecule has 0 bridgehead atoms. The number of benzene rings is 1. The van der Waals surface area contributed by atoms with Crippen LogP contribution in [-0.4, -0.2) is 11.8 Å². The Morgan fingerprint density at radius 2 is 2.00 bits per heavy atom. The molecule has 0 saturated carbocycles. The van der Waals surface area contributed by atoms with E-state index in [2.05, 4.69) is 0 Å². The lowest BCUT2D eigenvalue weighted by atomic mass is 9.97. The maximum absolute atomic E-state index is 11.4. The van der Waals surface area contributed by atoms with Crippen molar-refractivity contribution < 1.29 is 14.3 Å². The summed E-state index contributed by atoms with van der Waals surface area (Å²) in [6.45, 7) is 1.43. The summed E-state index contributed by atoms with van der Waals surface area (Å²) in [5, 5.41) is 0. The third-order valence-electron chi connectivity index (χ3n) is 2.65. The number of carbonyl (C=O) groups is 2. The molecule has 1 aliphatic heterocycles. The van der Waals surface area contributed by atoms with Gasteiger partial charge in [-0.05, 0) is 12.5 Å². The number of ether oxygens (including phenoxy) is 1. The number of cyclic esters (lactones) is 1. The molecule has 0 spiro atoms. The molecular formula is C12H12O3. The van der Waals surface area contributed by atoms with Crippen LogP contribution < -0.4 is 0 Å². The van der Waals surface area contributed by atoms with Crippen molar-refractivity contribution >= 4 is 11.8 Å². The Hall–Kier alpha value is -1.64.